The molecular weight excluding hydrogens is 422 g/mol. The molecule has 0 radical (unpaired) electrons. The number of hydrogen-bond donors (Lipinski definition) is 1. The van der Waals surface area contributed by atoms with Gasteiger partial charge >= 0.3 is 0 Å². The van der Waals surface area contributed by atoms with E-state index < -0.39 is 10.0 Å². The van der Waals surface area contributed by atoms with Gasteiger partial charge in [-0.3, -0.25) is 4.79 Å². The number of hydrogen-bond acceptors (Lipinski definition) is 4. The molecule has 2 heterocycles. The second-order valence-corrected chi connectivity index (χ2v) is 10.6. The third-order valence-corrected chi connectivity index (χ3v) is 8.52. The first-order valence-electron chi connectivity index (χ1n) is 11.7. The number of benzene rings is 2. The summed E-state index contributed by atoms with van der Waals surface area (Å²) < 4.78 is 28.4. The second kappa shape index (κ2) is 10.6. The highest BCUT2D eigenvalue weighted by molar-refractivity contribution is 7.89. The predicted molar refractivity (Wildman–Crippen MR) is 127 cm³/mol. The standard InChI is InChI=1S/C25H33N3O3S/c29-25(26-15-8-18-27-16-6-7-17-27)22-13-19-28(20-14-22)32(30,31)24-12-5-4-11-23(24)21-9-2-1-3-10-21/h1-5,9-12,22H,6-8,13-20H2,(H,26,29). The molecule has 1 amide bonds. The van der Waals surface area contributed by atoms with Crippen molar-refractivity contribution >= 4 is 15.9 Å². The lowest BCUT2D eigenvalue weighted by Gasteiger charge is -2.31. The molecule has 4 rings (SSSR count). The number of carbonyl (C=O) groups excluding carboxylic acids is 1. The van der Waals surface area contributed by atoms with E-state index in [1.54, 1.807) is 12.1 Å². The smallest absolute Gasteiger partial charge is 0.243 e. The number of nitrogens with zero attached hydrogens (tertiary/aromatic N) is 2. The van der Waals surface area contributed by atoms with Gasteiger partial charge in [0.25, 0.3) is 0 Å². The average Bonchev–Trinajstić information content (AvgIpc) is 3.36. The van der Waals surface area contributed by atoms with E-state index in [0.29, 0.717) is 42.9 Å². The van der Waals surface area contributed by atoms with Crippen LogP contribution in [0.1, 0.15) is 32.1 Å². The molecule has 2 aromatic carbocycles. The van der Waals surface area contributed by atoms with E-state index in [2.05, 4.69) is 10.2 Å². The Morgan fingerprint density at radius 1 is 0.906 bits per heavy atom. The van der Waals surface area contributed by atoms with Crippen molar-refractivity contribution in [3.63, 3.8) is 0 Å². The Bertz CT molecular complexity index is 996. The second-order valence-electron chi connectivity index (χ2n) is 8.73. The first kappa shape index (κ1) is 23.0. The zero-order valence-electron chi connectivity index (χ0n) is 18.6. The van der Waals surface area contributed by atoms with Crippen molar-refractivity contribution in [2.24, 2.45) is 5.92 Å². The SMILES string of the molecule is O=C(NCCCN1CCCC1)C1CCN(S(=O)(=O)c2ccccc2-c2ccccc2)CC1. The van der Waals surface area contributed by atoms with Gasteiger partial charge in [0.15, 0.2) is 0 Å². The highest BCUT2D eigenvalue weighted by Gasteiger charge is 2.33. The molecule has 2 aromatic rings. The highest BCUT2D eigenvalue weighted by atomic mass is 32.2. The number of rotatable bonds is 8. The maximum absolute atomic E-state index is 13.4. The number of sulfonamides is 1. The van der Waals surface area contributed by atoms with E-state index in [1.807, 2.05) is 42.5 Å². The lowest BCUT2D eigenvalue weighted by molar-refractivity contribution is -0.126. The maximum atomic E-state index is 13.4. The molecule has 2 aliphatic heterocycles. The predicted octanol–water partition coefficient (Wildman–Crippen LogP) is 3.36. The molecule has 2 fully saturated rings. The maximum Gasteiger partial charge on any atom is 0.243 e. The Kier molecular flexibility index (Phi) is 7.60. The number of amides is 1. The molecule has 172 valence electrons. The van der Waals surface area contributed by atoms with Crippen LogP contribution in [-0.2, 0) is 14.8 Å². The minimum atomic E-state index is -3.62. The summed E-state index contributed by atoms with van der Waals surface area (Å²) in [5.41, 5.74) is 1.60. The van der Waals surface area contributed by atoms with Crippen molar-refractivity contribution in [2.45, 2.75) is 37.0 Å². The molecule has 0 aliphatic carbocycles. The Morgan fingerprint density at radius 2 is 1.56 bits per heavy atom. The Balaban J connectivity index is 1.32. The Morgan fingerprint density at radius 3 is 2.28 bits per heavy atom. The summed E-state index contributed by atoms with van der Waals surface area (Å²) in [5, 5.41) is 3.06. The van der Waals surface area contributed by atoms with E-state index in [0.717, 1.165) is 18.5 Å². The van der Waals surface area contributed by atoms with Crippen LogP contribution in [0.3, 0.4) is 0 Å². The fourth-order valence-corrected chi connectivity index (χ4v) is 6.39. The first-order chi connectivity index (χ1) is 15.6. The lowest BCUT2D eigenvalue weighted by atomic mass is 9.97. The molecule has 32 heavy (non-hydrogen) atoms. The monoisotopic (exact) mass is 455 g/mol. The minimum absolute atomic E-state index is 0.0631. The minimum Gasteiger partial charge on any atom is -0.356 e. The lowest BCUT2D eigenvalue weighted by Crippen LogP contribution is -2.43. The molecule has 0 bridgehead atoms. The summed E-state index contributed by atoms with van der Waals surface area (Å²) in [6.45, 7) is 4.83. The molecule has 2 saturated heterocycles. The van der Waals surface area contributed by atoms with E-state index in [1.165, 1.54) is 30.2 Å². The van der Waals surface area contributed by atoms with Gasteiger partial charge in [0.2, 0.25) is 15.9 Å². The third kappa shape index (κ3) is 5.39. The molecule has 7 heteroatoms. The molecule has 2 aliphatic rings. The van der Waals surface area contributed by atoms with Crippen molar-refractivity contribution in [1.29, 1.82) is 0 Å². The molecule has 6 nitrogen and oxygen atoms in total. The van der Waals surface area contributed by atoms with Crippen LogP contribution >= 0.6 is 0 Å². The van der Waals surface area contributed by atoms with Gasteiger partial charge < -0.3 is 10.2 Å². The highest BCUT2D eigenvalue weighted by Crippen LogP contribution is 2.31. The topological polar surface area (TPSA) is 69.7 Å². The van der Waals surface area contributed by atoms with Crippen LogP contribution in [0.25, 0.3) is 11.1 Å². The fraction of sp³-hybridized carbons (Fsp3) is 0.480. The number of nitrogens with one attached hydrogen (secondary N) is 1. The van der Waals surface area contributed by atoms with Gasteiger partial charge in [-0.25, -0.2) is 8.42 Å². The van der Waals surface area contributed by atoms with Crippen LogP contribution in [0, 0.1) is 5.92 Å². The molecular formula is C25H33N3O3S. The summed E-state index contributed by atoms with van der Waals surface area (Å²) in [7, 11) is -3.62. The summed E-state index contributed by atoms with van der Waals surface area (Å²) in [5.74, 6) is -0.0502. The van der Waals surface area contributed by atoms with Crippen molar-refractivity contribution in [2.75, 3.05) is 39.3 Å². The summed E-state index contributed by atoms with van der Waals surface area (Å²) in [4.78, 5) is 15.3. The first-order valence-corrected chi connectivity index (χ1v) is 13.1. The van der Waals surface area contributed by atoms with Crippen molar-refractivity contribution in [1.82, 2.24) is 14.5 Å². The van der Waals surface area contributed by atoms with Crippen LogP contribution in [-0.4, -0.2) is 62.8 Å². The van der Waals surface area contributed by atoms with Gasteiger partial charge in [-0.15, -0.1) is 0 Å². The van der Waals surface area contributed by atoms with Crippen molar-refractivity contribution < 1.29 is 13.2 Å². The van der Waals surface area contributed by atoms with Crippen LogP contribution in [0.5, 0.6) is 0 Å². The Labute approximate surface area is 191 Å². The molecule has 0 atom stereocenters. The van der Waals surface area contributed by atoms with Gasteiger partial charge in [0.05, 0.1) is 4.90 Å². The number of piperidine rings is 1. The summed E-state index contributed by atoms with van der Waals surface area (Å²) in [6.07, 6.45) is 4.65. The molecule has 1 N–H and O–H groups in total. The molecule has 0 saturated carbocycles. The van der Waals surface area contributed by atoms with Crippen LogP contribution in [0.15, 0.2) is 59.5 Å². The molecule has 0 aromatic heterocycles. The third-order valence-electron chi connectivity index (χ3n) is 6.56. The van der Waals surface area contributed by atoms with E-state index >= 15 is 0 Å². The quantitative estimate of drug-likeness (QED) is 0.620. The van der Waals surface area contributed by atoms with E-state index in [9.17, 15) is 13.2 Å². The average molecular weight is 456 g/mol. The fourth-order valence-electron chi connectivity index (χ4n) is 4.71. The van der Waals surface area contributed by atoms with Gasteiger partial charge in [-0.2, -0.15) is 4.31 Å². The largest absolute Gasteiger partial charge is 0.356 e. The van der Waals surface area contributed by atoms with Crippen LogP contribution in [0.2, 0.25) is 0 Å². The van der Waals surface area contributed by atoms with Crippen LogP contribution < -0.4 is 5.32 Å². The van der Waals surface area contributed by atoms with Crippen molar-refractivity contribution in [3.8, 4) is 11.1 Å². The number of likely N-dealkylation sites (tertiary alicyclic amines) is 1. The normalized spacial score (nSPS) is 18.6. The number of carbonyl (C=O) groups is 1. The van der Waals surface area contributed by atoms with Gasteiger partial charge in [-0.1, -0.05) is 48.5 Å². The van der Waals surface area contributed by atoms with Crippen molar-refractivity contribution in [3.05, 3.63) is 54.6 Å². The van der Waals surface area contributed by atoms with Gasteiger partial charge in [0, 0.05) is 31.1 Å². The molecule has 0 spiro atoms. The summed E-state index contributed by atoms with van der Waals surface area (Å²) in [6, 6.07) is 16.7. The van der Waals surface area contributed by atoms with Gasteiger partial charge in [0.1, 0.15) is 0 Å². The van der Waals surface area contributed by atoms with Crippen LogP contribution in [0.4, 0.5) is 0 Å². The molecule has 0 unspecified atom stereocenters. The van der Waals surface area contributed by atoms with Gasteiger partial charge in [-0.05, 0) is 63.4 Å². The zero-order valence-corrected chi connectivity index (χ0v) is 19.4. The summed E-state index contributed by atoms with van der Waals surface area (Å²) >= 11 is 0. The van der Waals surface area contributed by atoms with E-state index in [4.69, 9.17) is 0 Å². The zero-order chi connectivity index (χ0) is 22.4. The Hall–Kier alpha value is -2.22. The van der Waals surface area contributed by atoms with E-state index in [-0.39, 0.29) is 11.8 Å².